The lowest BCUT2D eigenvalue weighted by Crippen LogP contribution is -2.49. The van der Waals surface area contributed by atoms with E-state index < -0.39 is 21.5 Å². The molecule has 1 aliphatic carbocycles. The average Bonchev–Trinajstić information content (AvgIpc) is 3.63. The standard InChI is InChI=1S/C23H27ClN4O5S/c1-26(34(2,32)33)9-10-27-11-12-28-20(23(27)31)18(16-5-6-16)13-19(22(28)30)21(29)25-14-15-3-7-17(24)8-4-15/h3-4,7-8,13,16H,5-6,9-12,14H2,1-2H3,(H,25,29). The molecule has 2 amide bonds. The van der Waals surface area contributed by atoms with Gasteiger partial charge in [0.2, 0.25) is 10.0 Å². The van der Waals surface area contributed by atoms with Gasteiger partial charge in [-0.1, -0.05) is 23.7 Å². The molecule has 0 saturated heterocycles. The highest BCUT2D eigenvalue weighted by Crippen LogP contribution is 2.42. The maximum atomic E-state index is 13.3. The lowest BCUT2D eigenvalue weighted by molar-refractivity contribution is 0.0691. The van der Waals surface area contributed by atoms with Gasteiger partial charge in [-0.25, -0.2) is 12.7 Å². The second-order valence-electron chi connectivity index (χ2n) is 8.78. The van der Waals surface area contributed by atoms with E-state index in [-0.39, 0.29) is 50.1 Å². The summed E-state index contributed by atoms with van der Waals surface area (Å²) >= 11 is 5.90. The van der Waals surface area contributed by atoms with Crippen molar-refractivity contribution in [2.24, 2.45) is 0 Å². The summed E-state index contributed by atoms with van der Waals surface area (Å²) < 4.78 is 25.9. The molecule has 0 unspecified atom stereocenters. The minimum atomic E-state index is -3.35. The number of carbonyl (C=O) groups excluding carboxylic acids is 2. The van der Waals surface area contributed by atoms with Crippen LogP contribution in [0.25, 0.3) is 0 Å². The number of pyridine rings is 1. The molecule has 2 heterocycles. The molecule has 11 heteroatoms. The van der Waals surface area contributed by atoms with E-state index in [9.17, 15) is 22.8 Å². The number of nitrogens with zero attached hydrogens (tertiary/aromatic N) is 3. The van der Waals surface area contributed by atoms with Crippen LogP contribution in [0.5, 0.6) is 0 Å². The van der Waals surface area contributed by atoms with Crippen molar-refractivity contribution in [3.63, 3.8) is 0 Å². The third-order valence-corrected chi connectivity index (χ3v) is 7.85. The predicted molar refractivity (Wildman–Crippen MR) is 129 cm³/mol. The Balaban J connectivity index is 1.57. The highest BCUT2D eigenvalue weighted by molar-refractivity contribution is 7.88. The van der Waals surface area contributed by atoms with Crippen molar-refractivity contribution in [1.82, 2.24) is 19.1 Å². The van der Waals surface area contributed by atoms with Crippen LogP contribution in [0, 0.1) is 0 Å². The van der Waals surface area contributed by atoms with Crippen molar-refractivity contribution in [1.29, 1.82) is 0 Å². The number of fused-ring (bicyclic) bond motifs is 1. The first-order valence-corrected chi connectivity index (χ1v) is 13.3. The van der Waals surface area contributed by atoms with Gasteiger partial charge in [-0.3, -0.25) is 14.4 Å². The second kappa shape index (κ2) is 9.52. The number of sulfonamides is 1. The van der Waals surface area contributed by atoms with Gasteiger partial charge in [0.25, 0.3) is 17.4 Å². The number of aromatic nitrogens is 1. The lowest BCUT2D eigenvalue weighted by Gasteiger charge is -2.32. The number of likely N-dealkylation sites (N-methyl/N-ethyl adjacent to an activating group) is 1. The Kier molecular flexibility index (Phi) is 6.84. The van der Waals surface area contributed by atoms with Crippen molar-refractivity contribution in [3.05, 3.63) is 68.1 Å². The van der Waals surface area contributed by atoms with Crippen LogP contribution in [0.2, 0.25) is 5.02 Å². The van der Waals surface area contributed by atoms with Crippen molar-refractivity contribution >= 4 is 33.4 Å². The molecule has 1 aromatic carbocycles. The van der Waals surface area contributed by atoms with Crippen LogP contribution in [0.15, 0.2) is 35.1 Å². The Morgan fingerprint density at radius 3 is 2.47 bits per heavy atom. The molecule has 1 N–H and O–H groups in total. The third-order valence-electron chi connectivity index (χ3n) is 6.28. The van der Waals surface area contributed by atoms with E-state index in [1.54, 1.807) is 35.2 Å². The smallest absolute Gasteiger partial charge is 0.270 e. The van der Waals surface area contributed by atoms with E-state index in [0.717, 1.165) is 24.7 Å². The van der Waals surface area contributed by atoms with Gasteiger partial charge in [0.15, 0.2) is 0 Å². The van der Waals surface area contributed by atoms with Gasteiger partial charge in [0.1, 0.15) is 11.3 Å². The Hall–Kier alpha value is -2.69. The Labute approximate surface area is 203 Å². The van der Waals surface area contributed by atoms with Gasteiger partial charge in [0.05, 0.1) is 6.26 Å². The number of halogens is 1. The average molecular weight is 507 g/mol. The third kappa shape index (κ3) is 5.18. The minimum Gasteiger partial charge on any atom is -0.348 e. The lowest BCUT2D eigenvalue weighted by atomic mass is 10.0. The number of carbonyl (C=O) groups is 2. The molecule has 2 aliphatic rings. The summed E-state index contributed by atoms with van der Waals surface area (Å²) in [6.45, 7) is 1.16. The minimum absolute atomic E-state index is 0.0256. The predicted octanol–water partition coefficient (Wildman–Crippen LogP) is 1.66. The SMILES string of the molecule is CN(CCN1CCn2c(c(C3CC3)cc(C(=O)NCc3ccc(Cl)cc3)c2=O)C1=O)S(C)(=O)=O. The molecule has 0 spiro atoms. The number of hydrogen-bond acceptors (Lipinski definition) is 5. The molecule has 0 bridgehead atoms. The first-order valence-electron chi connectivity index (χ1n) is 11.1. The maximum absolute atomic E-state index is 13.3. The molecule has 0 atom stereocenters. The highest BCUT2D eigenvalue weighted by atomic mass is 35.5. The van der Waals surface area contributed by atoms with Gasteiger partial charge < -0.3 is 14.8 Å². The van der Waals surface area contributed by atoms with E-state index >= 15 is 0 Å². The summed E-state index contributed by atoms with van der Waals surface area (Å²) in [6, 6.07) is 8.62. The monoisotopic (exact) mass is 506 g/mol. The number of benzene rings is 1. The quantitative estimate of drug-likeness (QED) is 0.585. The molecule has 1 aromatic heterocycles. The fourth-order valence-corrected chi connectivity index (χ4v) is 4.54. The summed E-state index contributed by atoms with van der Waals surface area (Å²) in [4.78, 5) is 40.9. The molecule has 1 aliphatic heterocycles. The Morgan fingerprint density at radius 1 is 1.18 bits per heavy atom. The Bertz CT molecular complexity index is 1290. The largest absolute Gasteiger partial charge is 0.348 e. The topological polar surface area (TPSA) is 109 Å². The molecular weight excluding hydrogens is 480 g/mol. The number of nitrogens with one attached hydrogen (secondary N) is 1. The number of amides is 2. The molecule has 9 nitrogen and oxygen atoms in total. The highest BCUT2D eigenvalue weighted by Gasteiger charge is 2.36. The van der Waals surface area contributed by atoms with E-state index in [0.29, 0.717) is 16.3 Å². The van der Waals surface area contributed by atoms with Crippen molar-refractivity contribution < 1.29 is 18.0 Å². The maximum Gasteiger partial charge on any atom is 0.270 e. The summed E-state index contributed by atoms with van der Waals surface area (Å²) in [5, 5.41) is 3.38. The van der Waals surface area contributed by atoms with Crippen molar-refractivity contribution in [2.45, 2.75) is 31.8 Å². The molecule has 0 radical (unpaired) electrons. The van der Waals surface area contributed by atoms with Gasteiger partial charge in [0, 0.05) is 44.8 Å². The van der Waals surface area contributed by atoms with E-state index in [1.165, 1.54) is 15.9 Å². The van der Waals surface area contributed by atoms with Crippen LogP contribution in [0.3, 0.4) is 0 Å². The zero-order valence-corrected chi connectivity index (χ0v) is 20.7. The fourth-order valence-electron chi connectivity index (χ4n) is 4.00. The van der Waals surface area contributed by atoms with E-state index in [1.807, 2.05) is 0 Å². The van der Waals surface area contributed by atoms with Gasteiger partial charge in [-0.2, -0.15) is 0 Å². The zero-order chi connectivity index (χ0) is 24.6. The summed E-state index contributed by atoms with van der Waals surface area (Å²) in [6.07, 6.45) is 2.90. The molecule has 1 fully saturated rings. The van der Waals surface area contributed by atoms with Crippen LogP contribution >= 0.6 is 11.6 Å². The second-order valence-corrected chi connectivity index (χ2v) is 11.3. The van der Waals surface area contributed by atoms with Crippen molar-refractivity contribution in [3.8, 4) is 0 Å². The first-order chi connectivity index (χ1) is 16.1. The summed E-state index contributed by atoms with van der Waals surface area (Å²) in [5.41, 5.74) is 1.41. The van der Waals surface area contributed by atoms with Gasteiger partial charge >= 0.3 is 0 Å². The molecule has 4 rings (SSSR count). The molecule has 34 heavy (non-hydrogen) atoms. The summed E-state index contributed by atoms with van der Waals surface area (Å²) in [5.74, 6) is -0.658. The van der Waals surface area contributed by atoms with Gasteiger partial charge in [-0.05, 0) is 48.1 Å². The van der Waals surface area contributed by atoms with Crippen LogP contribution in [-0.2, 0) is 23.1 Å². The van der Waals surface area contributed by atoms with Crippen LogP contribution in [0.4, 0.5) is 0 Å². The Morgan fingerprint density at radius 2 is 1.85 bits per heavy atom. The molecule has 182 valence electrons. The molecular formula is C23H27ClN4O5S. The summed E-state index contributed by atoms with van der Waals surface area (Å²) in [7, 11) is -1.89. The number of hydrogen-bond donors (Lipinski definition) is 1. The molecule has 2 aromatic rings. The number of rotatable bonds is 8. The van der Waals surface area contributed by atoms with Crippen molar-refractivity contribution in [2.75, 3.05) is 32.9 Å². The van der Waals surface area contributed by atoms with Crippen LogP contribution in [-0.4, -0.2) is 66.9 Å². The fraction of sp³-hybridized carbons (Fsp3) is 0.435. The normalized spacial score (nSPS) is 16.0. The van der Waals surface area contributed by atoms with Crippen LogP contribution in [0.1, 0.15) is 50.7 Å². The zero-order valence-electron chi connectivity index (χ0n) is 19.1. The first kappa shape index (κ1) is 24.4. The van der Waals surface area contributed by atoms with Gasteiger partial charge in [-0.15, -0.1) is 0 Å². The van der Waals surface area contributed by atoms with E-state index in [2.05, 4.69) is 5.32 Å². The molecule has 1 saturated carbocycles. The van der Waals surface area contributed by atoms with E-state index in [4.69, 9.17) is 11.6 Å². The van der Waals surface area contributed by atoms with Crippen LogP contribution < -0.4 is 10.9 Å².